The molecule has 1 aliphatic heterocycles. The molecule has 146 valence electrons. The van der Waals surface area contributed by atoms with Crippen LogP contribution in [0.15, 0.2) is 48.5 Å². The molecule has 2 aromatic carbocycles. The molecule has 3 rings (SSSR count). The van der Waals surface area contributed by atoms with E-state index in [1.807, 2.05) is 43.3 Å². The second-order valence-corrected chi connectivity index (χ2v) is 6.92. The second-order valence-electron chi connectivity index (χ2n) is 6.92. The van der Waals surface area contributed by atoms with Crippen molar-refractivity contribution in [1.82, 2.24) is 10.9 Å². The first-order valence-electron chi connectivity index (χ1n) is 9.60. The van der Waals surface area contributed by atoms with E-state index in [1.165, 1.54) is 5.56 Å². The summed E-state index contributed by atoms with van der Waals surface area (Å²) >= 11 is 0. The minimum Gasteiger partial charge on any atom is -0.312 e. The molecule has 28 heavy (non-hydrogen) atoms. The van der Waals surface area contributed by atoms with E-state index in [4.69, 9.17) is 0 Å². The van der Waals surface area contributed by atoms with Gasteiger partial charge in [-0.3, -0.25) is 25.2 Å². The third-order valence-electron chi connectivity index (χ3n) is 5.08. The van der Waals surface area contributed by atoms with Gasteiger partial charge in [0.05, 0.1) is 5.92 Å². The summed E-state index contributed by atoms with van der Waals surface area (Å²) in [6.45, 7) is 4.42. The molecule has 2 N–H and O–H groups in total. The third-order valence-corrected chi connectivity index (χ3v) is 5.08. The number of amides is 3. The average molecular weight is 379 g/mol. The number of rotatable bonds is 5. The van der Waals surface area contributed by atoms with E-state index in [0.717, 1.165) is 24.1 Å². The molecule has 0 aromatic heterocycles. The lowest BCUT2D eigenvalue weighted by Crippen LogP contribution is -2.45. The molecule has 0 bridgehead atoms. The van der Waals surface area contributed by atoms with Crippen LogP contribution in [0, 0.1) is 5.92 Å². The number of hydrogen-bond acceptors (Lipinski definition) is 3. The molecule has 1 atom stereocenters. The minimum atomic E-state index is -0.499. The Morgan fingerprint density at radius 3 is 2.07 bits per heavy atom. The molecule has 6 heteroatoms. The molecule has 1 aliphatic rings. The second kappa shape index (κ2) is 8.69. The molecule has 1 heterocycles. The monoisotopic (exact) mass is 379 g/mol. The number of hydrazine groups is 1. The zero-order valence-corrected chi connectivity index (χ0v) is 16.2. The van der Waals surface area contributed by atoms with Gasteiger partial charge in [-0.15, -0.1) is 0 Å². The summed E-state index contributed by atoms with van der Waals surface area (Å²) < 4.78 is 0. The van der Waals surface area contributed by atoms with Gasteiger partial charge in [0.1, 0.15) is 0 Å². The van der Waals surface area contributed by atoms with E-state index >= 15 is 0 Å². The van der Waals surface area contributed by atoms with Gasteiger partial charge in [-0.25, -0.2) is 0 Å². The molecular formula is C22H25N3O3. The molecule has 6 nitrogen and oxygen atoms in total. The fraction of sp³-hybridized carbons (Fsp3) is 0.318. The Morgan fingerprint density at radius 1 is 0.929 bits per heavy atom. The van der Waals surface area contributed by atoms with Crippen molar-refractivity contribution in [2.24, 2.45) is 5.92 Å². The minimum absolute atomic E-state index is 0.0918. The Hall–Kier alpha value is -3.15. The summed E-state index contributed by atoms with van der Waals surface area (Å²) in [7, 11) is 0. The van der Waals surface area contributed by atoms with Crippen LogP contribution < -0.4 is 15.8 Å². The number of aryl methyl sites for hydroxylation is 2. The highest BCUT2D eigenvalue weighted by Gasteiger charge is 2.35. The predicted octanol–water partition coefficient (Wildman–Crippen LogP) is 2.63. The molecule has 0 saturated carbocycles. The molecule has 2 aromatic rings. The smallest absolute Gasteiger partial charge is 0.269 e. The summed E-state index contributed by atoms with van der Waals surface area (Å²) in [4.78, 5) is 38.5. The highest BCUT2D eigenvalue weighted by atomic mass is 16.2. The molecule has 1 fully saturated rings. The Bertz CT molecular complexity index is 860. The maximum Gasteiger partial charge on any atom is 0.269 e. The zero-order valence-electron chi connectivity index (χ0n) is 16.2. The van der Waals surface area contributed by atoms with Gasteiger partial charge in [-0.2, -0.15) is 0 Å². The van der Waals surface area contributed by atoms with E-state index in [1.54, 1.807) is 17.0 Å². The quantitative estimate of drug-likeness (QED) is 0.784. The number of nitrogens with one attached hydrogen (secondary N) is 2. The lowest BCUT2D eigenvalue weighted by Gasteiger charge is -2.17. The van der Waals surface area contributed by atoms with Crippen molar-refractivity contribution >= 4 is 23.4 Å². The van der Waals surface area contributed by atoms with Crippen LogP contribution in [0.25, 0.3) is 0 Å². The van der Waals surface area contributed by atoms with Crippen LogP contribution in [0.3, 0.4) is 0 Å². The highest BCUT2D eigenvalue weighted by Crippen LogP contribution is 2.25. The van der Waals surface area contributed by atoms with E-state index in [9.17, 15) is 14.4 Å². The van der Waals surface area contributed by atoms with E-state index in [-0.39, 0.29) is 24.1 Å². The maximum atomic E-state index is 12.4. The summed E-state index contributed by atoms with van der Waals surface area (Å²) in [6.07, 6.45) is 1.95. The molecule has 0 spiro atoms. The average Bonchev–Trinajstić information content (AvgIpc) is 3.13. The zero-order chi connectivity index (χ0) is 20.1. The summed E-state index contributed by atoms with van der Waals surface area (Å²) in [5.74, 6) is -1.33. The first-order valence-corrected chi connectivity index (χ1v) is 9.60. The molecular weight excluding hydrogens is 354 g/mol. The summed E-state index contributed by atoms with van der Waals surface area (Å²) in [5.41, 5.74) is 8.46. The first kappa shape index (κ1) is 19.6. The van der Waals surface area contributed by atoms with Gasteiger partial charge in [0.25, 0.3) is 5.91 Å². The largest absolute Gasteiger partial charge is 0.312 e. The van der Waals surface area contributed by atoms with Crippen LogP contribution in [-0.4, -0.2) is 24.3 Å². The number of carbonyl (C=O) groups excluding carboxylic acids is 3. The number of carbonyl (C=O) groups is 3. The lowest BCUT2D eigenvalue weighted by molar-refractivity contribution is -0.126. The molecule has 3 amide bonds. The first-order chi connectivity index (χ1) is 13.5. The number of hydrogen-bond donors (Lipinski definition) is 2. The standard InChI is InChI=1S/C22H25N3O3/c1-3-15-5-9-17(10-6-15)21(27)23-24-22(28)18-13-20(26)25(14-18)19-11-7-16(4-2)8-12-19/h5-12,18H,3-4,13-14H2,1-2H3,(H,23,27)(H,24,28). The molecule has 0 aliphatic carbocycles. The Labute approximate surface area is 164 Å². The normalized spacial score (nSPS) is 16.1. The lowest BCUT2D eigenvalue weighted by atomic mass is 10.1. The van der Waals surface area contributed by atoms with Crippen molar-refractivity contribution < 1.29 is 14.4 Å². The predicted molar refractivity (Wildman–Crippen MR) is 108 cm³/mol. The highest BCUT2D eigenvalue weighted by molar-refractivity contribution is 6.01. The van der Waals surface area contributed by atoms with Gasteiger partial charge >= 0.3 is 0 Å². The number of anilines is 1. The van der Waals surface area contributed by atoms with Crippen molar-refractivity contribution in [3.8, 4) is 0 Å². The van der Waals surface area contributed by atoms with Gasteiger partial charge in [0, 0.05) is 24.2 Å². The molecule has 0 radical (unpaired) electrons. The van der Waals surface area contributed by atoms with Crippen molar-refractivity contribution in [3.63, 3.8) is 0 Å². The van der Waals surface area contributed by atoms with Crippen LogP contribution in [0.5, 0.6) is 0 Å². The topological polar surface area (TPSA) is 78.5 Å². The Morgan fingerprint density at radius 2 is 1.50 bits per heavy atom. The van der Waals surface area contributed by atoms with E-state index < -0.39 is 5.92 Å². The maximum absolute atomic E-state index is 12.4. The van der Waals surface area contributed by atoms with Gasteiger partial charge in [-0.05, 0) is 48.2 Å². The SMILES string of the molecule is CCc1ccc(C(=O)NNC(=O)C2CC(=O)N(c3ccc(CC)cc3)C2)cc1. The van der Waals surface area contributed by atoms with E-state index in [2.05, 4.69) is 17.8 Å². The fourth-order valence-corrected chi connectivity index (χ4v) is 3.23. The summed E-state index contributed by atoms with van der Waals surface area (Å²) in [6, 6.07) is 15.0. The summed E-state index contributed by atoms with van der Waals surface area (Å²) in [5, 5.41) is 0. The van der Waals surface area contributed by atoms with Crippen molar-refractivity contribution in [1.29, 1.82) is 0 Å². The van der Waals surface area contributed by atoms with Gasteiger partial charge in [-0.1, -0.05) is 38.1 Å². The van der Waals surface area contributed by atoms with Crippen molar-refractivity contribution in [2.75, 3.05) is 11.4 Å². The van der Waals surface area contributed by atoms with Crippen LogP contribution in [-0.2, 0) is 22.4 Å². The Balaban J connectivity index is 1.55. The van der Waals surface area contributed by atoms with Crippen LogP contribution in [0.2, 0.25) is 0 Å². The van der Waals surface area contributed by atoms with Crippen LogP contribution >= 0.6 is 0 Å². The van der Waals surface area contributed by atoms with Gasteiger partial charge in [0.15, 0.2) is 0 Å². The van der Waals surface area contributed by atoms with Crippen molar-refractivity contribution in [3.05, 3.63) is 65.2 Å². The third kappa shape index (κ3) is 4.39. The number of benzene rings is 2. The van der Waals surface area contributed by atoms with Crippen LogP contribution in [0.4, 0.5) is 5.69 Å². The molecule has 1 unspecified atom stereocenters. The fourth-order valence-electron chi connectivity index (χ4n) is 3.23. The van der Waals surface area contributed by atoms with Gasteiger partial charge in [0.2, 0.25) is 11.8 Å². The van der Waals surface area contributed by atoms with Crippen molar-refractivity contribution in [2.45, 2.75) is 33.1 Å². The van der Waals surface area contributed by atoms with Gasteiger partial charge < -0.3 is 4.90 Å². The number of nitrogens with zero attached hydrogens (tertiary/aromatic N) is 1. The van der Waals surface area contributed by atoms with E-state index in [0.29, 0.717) is 12.1 Å². The van der Waals surface area contributed by atoms with Crippen LogP contribution in [0.1, 0.15) is 41.8 Å². The molecule has 1 saturated heterocycles. The Kier molecular flexibility index (Phi) is 6.09.